The van der Waals surface area contributed by atoms with E-state index in [-0.39, 0.29) is 45.7 Å². The number of fused-ring (bicyclic) bond motifs is 7. The summed E-state index contributed by atoms with van der Waals surface area (Å²) in [7, 11) is 0. The fraction of sp³-hybridized carbons (Fsp3) is 0.867. The van der Waals surface area contributed by atoms with Crippen molar-refractivity contribution in [1.82, 2.24) is 0 Å². The van der Waals surface area contributed by atoms with Crippen molar-refractivity contribution in [2.24, 2.45) is 56.2 Å². The van der Waals surface area contributed by atoms with Gasteiger partial charge in [0.15, 0.2) is 0 Å². The minimum Gasteiger partial charge on any atom is -0.395 e. The van der Waals surface area contributed by atoms with Crippen LogP contribution in [0.3, 0.4) is 0 Å². The van der Waals surface area contributed by atoms with Crippen molar-refractivity contribution >= 4 is 0 Å². The third kappa shape index (κ3) is 2.85. The fourth-order valence-electron chi connectivity index (χ4n) is 10.3. The Morgan fingerprint density at radius 2 is 1.52 bits per heavy atom. The highest BCUT2D eigenvalue weighted by Crippen LogP contribution is 2.74. The van der Waals surface area contributed by atoms with Gasteiger partial charge in [-0.3, -0.25) is 0 Å². The van der Waals surface area contributed by atoms with Gasteiger partial charge >= 0.3 is 0 Å². The lowest BCUT2D eigenvalue weighted by Crippen LogP contribution is -2.66. The van der Waals surface area contributed by atoms with E-state index in [2.05, 4.69) is 72.8 Å². The molecule has 0 saturated heterocycles. The molecule has 0 aliphatic heterocycles. The van der Waals surface area contributed by atoms with Crippen LogP contribution in [0.2, 0.25) is 0 Å². The van der Waals surface area contributed by atoms with Crippen molar-refractivity contribution in [3.8, 4) is 0 Å². The predicted octanol–water partition coefficient (Wildman–Crippen LogP) is 5.74. The minimum absolute atomic E-state index is 0.00290. The Balaban J connectivity index is 1.62. The molecule has 0 aromatic carbocycles. The Morgan fingerprint density at radius 1 is 0.818 bits per heavy atom. The van der Waals surface area contributed by atoms with Crippen LogP contribution in [0.15, 0.2) is 24.3 Å². The second kappa shape index (κ2) is 6.98. The van der Waals surface area contributed by atoms with Gasteiger partial charge in [-0.05, 0) is 89.3 Å². The Labute approximate surface area is 201 Å². The van der Waals surface area contributed by atoms with Crippen LogP contribution in [0.25, 0.3) is 0 Å². The molecule has 3 nitrogen and oxygen atoms in total. The maximum absolute atomic E-state index is 11.3. The summed E-state index contributed by atoms with van der Waals surface area (Å²) in [6, 6.07) is 0. The third-order valence-electron chi connectivity index (χ3n) is 12.6. The van der Waals surface area contributed by atoms with Gasteiger partial charge in [-0.25, -0.2) is 0 Å². The lowest BCUT2D eigenvalue weighted by Gasteiger charge is -2.70. The van der Waals surface area contributed by atoms with Crippen LogP contribution in [0.1, 0.15) is 87.0 Å². The SMILES string of the molecule is CC1(C)C[C@@H](O)[C@]2(CO)C=C[C@]3(C)[C@H](C=C[C@@H]4[C@@]5(C)CC[C@H](O)C(C)(C)[C@@H]5CC[C@]43C)[C@@H]2C1. The van der Waals surface area contributed by atoms with Crippen molar-refractivity contribution in [1.29, 1.82) is 0 Å². The summed E-state index contributed by atoms with van der Waals surface area (Å²) in [5.74, 6) is 1.58. The number of rotatable bonds is 1. The van der Waals surface area contributed by atoms with Crippen LogP contribution in [0.4, 0.5) is 0 Å². The first-order valence-corrected chi connectivity index (χ1v) is 13.5. The highest BCUT2D eigenvalue weighted by atomic mass is 16.3. The third-order valence-corrected chi connectivity index (χ3v) is 12.6. The Morgan fingerprint density at radius 3 is 2.18 bits per heavy atom. The zero-order valence-corrected chi connectivity index (χ0v) is 22.1. The average molecular weight is 457 g/mol. The molecule has 5 rings (SSSR count). The van der Waals surface area contributed by atoms with Gasteiger partial charge in [0.05, 0.1) is 18.8 Å². The van der Waals surface area contributed by atoms with E-state index in [9.17, 15) is 15.3 Å². The molecule has 0 spiro atoms. The Kier molecular flexibility index (Phi) is 5.09. The molecule has 0 aromatic rings. The molecule has 3 fully saturated rings. The summed E-state index contributed by atoms with van der Waals surface area (Å²) in [4.78, 5) is 0. The maximum Gasteiger partial charge on any atom is 0.0661 e. The quantitative estimate of drug-likeness (QED) is 0.441. The van der Waals surface area contributed by atoms with Gasteiger partial charge in [-0.15, -0.1) is 0 Å². The van der Waals surface area contributed by atoms with Gasteiger partial charge in [0, 0.05) is 5.41 Å². The molecule has 0 heterocycles. The average Bonchev–Trinajstić information content (AvgIpc) is 2.71. The first kappa shape index (κ1) is 24.1. The predicted molar refractivity (Wildman–Crippen MR) is 133 cm³/mol. The molecule has 0 unspecified atom stereocenters. The van der Waals surface area contributed by atoms with Crippen LogP contribution >= 0.6 is 0 Å². The summed E-state index contributed by atoms with van der Waals surface area (Å²) < 4.78 is 0. The lowest BCUT2D eigenvalue weighted by molar-refractivity contribution is -0.201. The van der Waals surface area contributed by atoms with Gasteiger partial charge < -0.3 is 15.3 Å². The first-order chi connectivity index (χ1) is 15.2. The summed E-state index contributed by atoms with van der Waals surface area (Å²) in [5, 5.41) is 32.8. The fourth-order valence-corrected chi connectivity index (χ4v) is 10.3. The molecule has 0 bridgehead atoms. The summed E-state index contributed by atoms with van der Waals surface area (Å²) in [6.07, 6.45) is 15.1. The first-order valence-electron chi connectivity index (χ1n) is 13.5. The van der Waals surface area contributed by atoms with Crippen molar-refractivity contribution in [3.05, 3.63) is 24.3 Å². The molecule has 5 aliphatic rings. The van der Waals surface area contributed by atoms with E-state index in [0.717, 1.165) is 25.7 Å². The molecule has 3 saturated carbocycles. The number of allylic oxidation sites excluding steroid dienone is 3. The highest BCUT2D eigenvalue weighted by molar-refractivity contribution is 5.33. The molecular weight excluding hydrogens is 408 g/mol. The Bertz CT molecular complexity index is 872. The van der Waals surface area contributed by atoms with Gasteiger partial charge in [0.1, 0.15) is 0 Å². The van der Waals surface area contributed by atoms with E-state index in [0.29, 0.717) is 17.8 Å². The van der Waals surface area contributed by atoms with E-state index in [4.69, 9.17) is 0 Å². The largest absolute Gasteiger partial charge is 0.395 e. The van der Waals surface area contributed by atoms with Crippen LogP contribution in [0.5, 0.6) is 0 Å². The molecular formula is C30H48O3. The zero-order valence-electron chi connectivity index (χ0n) is 22.1. The molecule has 5 aliphatic carbocycles. The maximum atomic E-state index is 11.3. The van der Waals surface area contributed by atoms with Crippen molar-refractivity contribution < 1.29 is 15.3 Å². The second-order valence-corrected chi connectivity index (χ2v) is 14.9. The summed E-state index contributed by atoms with van der Waals surface area (Å²) in [6.45, 7) is 16.7. The number of hydrogen-bond donors (Lipinski definition) is 3. The van der Waals surface area contributed by atoms with Gasteiger partial charge in [0.2, 0.25) is 0 Å². The number of aliphatic hydroxyl groups is 3. The monoisotopic (exact) mass is 456 g/mol. The van der Waals surface area contributed by atoms with Gasteiger partial charge in [-0.1, -0.05) is 72.8 Å². The van der Waals surface area contributed by atoms with Gasteiger partial charge in [0.25, 0.3) is 0 Å². The van der Waals surface area contributed by atoms with E-state index in [1.165, 1.54) is 12.8 Å². The zero-order chi connectivity index (χ0) is 24.2. The number of hydrogen-bond acceptors (Lipinski definition) is 3. The van der Waals surface area contributed by atoms with E-state index in [1.807, 2.05) is 0 Å². The smallest absolute Gasteiger partial charge is 0.0661 e. The van der Waals surface area contributed by atoms with E-state index in [1.54, 1.807) is 0 Å². The molecule has 3 heteroatoms. The van der Waals surface area contributed by atoms with Gasteiger partial charge in [-0.2, -0.15) is 0 Å². The molecule has 10 atom stereocenters. The normalized spacial score (nSPS) is 56.3. The minimum atomic E-state index is -0.523. The van der Waals surface area contributed by atoms with Crippen LogP contribution in [-0.2, 0) is 0 Å². The van der Waals surface area contributed by atoms with Crippen molar-refractivity contribution in [2.45, 2.75) is 99.2 Å². The van der Waals surface area contributed by atoms with Crippen LogP contribution in [-0.4, -0.2) is 34.1 Å². The summed E-state index contributed by atoms with van der Waals surface area (Å²) >= 11 is 0. The molecule has 3 N–H and O–H groups in total. The van der Waals surface area contributed by atoms with Crippen molar-refractivity contribution in [2.75, 3.05) is 6.61 Å². The van der Waals surface area contributed by atoms with E-state index < -0.39 is 11.5 Å². The molecule has 186 valence electrons. The lowest BCUT2D eigenvalue weighted by atomic mass is 9.34. The standard InChI is InChI=1S/C30H48O3/c1-25(2)16-20-19-8-9-22-27(5)12-11-23(32)26(3,4)21(27)10-13-29(22,7)28(19,6)14-15-30(20,18-31)24(33)17-25/h8-9,14-15,19-24,31-33H,10-13,16-18H2,1-7H3/t19-,20+,21+,22-,23+,24-,27+,28-,29-,30+/m1/s1. The van der Waals surface area contributed by atoms with E-state index >= 15 is 0 Å². The van der Waals surface area contributed by atoms with Crippen molar-refractivity contribution in [3.63, 3.8) is 0 Å². The summed E-state index contributed by atoms with van der Waals surface area (Å²) in [5.41, 5.74) is -0.187. The molecule has 0 aromatic heterocycles. The second-order valence-electron chi connectivity index (χ2n) is 14.9. The highest BCUT2D eigenvalue weighted by Gasteiger charge is 2.68. The molecule has 33 heavy (non-hydrogen) atoms. The van der Waals surface area contributed by atoms with Crippen LogP contribution in [0, 0.1) is 56.2 Å². The molecule has 0 radical (unpaired) electrons. The topological polar surface area (TPSA) is 60.7 Å². The van der Waals surface area contributed by atoms with Crippen LogP contribution < -0.4 is 0 Å². The molecule has 0 amide bonds. The number of aliphatic hydroxyl groups excluding tert-OH is 3. The Hall–Kier alpha value is -0.640.